The molecule has 0 radical (unpaired) electrons. The Kier molecular flexibility index (Phi) is 2.92. The topological polar surface area (TPSA) is 81.1 Å². The number of anilines is 2. The molecule has 0 aliphatic rings. The summed E-state index contributed by atoms with van der Waals surface area (Å²) in [6.07, 6.45) is 1.72. The summed E-state index contributed by atoms with van der Waals surface area (Å²) in [5.41, 5.74) is 11.1. The van der Waals surface area contributed by atoms with Crippen LogP contribution in [0.1, 0.15) is 9.67 Å². The van der Waals surface area contributed by atoms with E-state index in [4.69, 9.17) is 11.5 Å². The van der Waals surface area contributed by atoms with Crippen molar-refractivity contribution < 1.29 is 4.79 Å². The predicted molar refractivity (Wildman–Crippen MR) is 55.9 cm³/mol. The van der Waals surface area contributed by atoms with Crippen LogP contribution in [0.25, 0.3) is 0 Å². The second kappa shape index (κ2) is 3.95. The largest absolute Gasteiger partial charge is 0.397 e. The van der Waals surface area contributed by atoms with E-state index in [0.717, 1.165) is 5.00 Å². The highest BCUT2D eigenvalue weighted by Crippen LogP contribution is 2.28. The van der Waals surface area contributed by atoms with Gasteiger partial charge in [-0.25, -0.2) is 0 Å². The lowest BCUT2D eigenvalue weighted by Crippen LogP contribution is -2.10. The first-order chi connectivity index (χ1) is 6.15. The van der Waals surface area contributed by atoms with E-state index in [1.165, 1.54) is 11.3 Å². The molecule has 0 aliphatic heterocycles. The highest BCUT2D eigenvalue weighted by Gasteiger charge is 2.10. The zero-order valence-electron chi connectivity index (χ0n) is 7.04. The lowest BCUT2D eigenvalue weighted by molar-refractivity contribution is 0.100. The van der Waals surface area contributed by atoms with E-state index < -0.39 is 5.91 Å². The first-order valence-corrected chi connectivity index (χ1v) is 4.50. The van der Waals surface area contributed by atoms with Gasteiger partial charge in [0.1, 0.15) is 4.88 Å². The van der Waals surface area contributed by atoms with Crippen molar-refractivity contribution in [1.29, 1.82) is 0 Å². The lowest BCUT2D eigenvalue weighted by Gasteiger charge is -1.95. The number of nitrogens with two attached hydrogens (primary N) is 2. The molecule has 1 heterocycles. The normalized spacial score (nSPS) is 9.54. The average molecular weight is 197 g/mol. The predicted octanol–water partition coefficient (Wildman–Crippen LogP) is 1.03. The van der Waals surface area contributed by atoms with Crippen molar-refractivity contribution in [3.63, 3.8) is 0 Å². The number of hydrogen-bond acceptors (Lipinski definition) is 4. The highest BCUT2D eigenvalue weighted by atomic mass is 32.1. The Balaban J connectivity index is 2.82. The summed E-state index contributed by atoms with van der Waals surface area (Å²) in [7, 11) is 0. The number of amides is 1. The fraction of sp³-hybridized carbons (Fsp3) is 0.125. The maximum Gasteiger partial charge on any atom is 0.260 e. The minimum Gasteiger partial charge on any atom is -0.397 e. The van der Waals surface area contributed by atoms with E-state index >= 15 is 0 Å². The molecule has 4 nitrogen and oxygen atoms in total. The fourth-order valence-electron chi connectivity index (χ4n) is 0.858. The summed E-state index contributed by atoms with van der Waals surface area (Å²) >= 11 is 1.25. The molecule has 1 aromatic rings. The van der Waals surface area contributed by atoms with E-state index in [-0.39, 0.29) is 0 Å². The van der Waals surface area contributed by atoms with Crippen LogP contribution >= 0.6 is 11.3 Å². The van der Waals surface area contributed by atoms with E-state index in [2.05, 4.69) is 11.9 Å². The molecule has 0 atom stereocenters. The minimum atomic E-state index is -0.492. The Bertz CT molecular complexity index is 332. The van der Waals surface area contributed by atoms with Crippen molar-refractivity contribution in [1.82, 2.24) is 0 Å². The molecule has 0 bridgehead atoms. The van der Waals surface area contributed by atoms with Crippen molar-refractivity contribution in [3.8, 4) is 0 Å². The van der Waals surface area contributed by atoms with Crippen LogP contribution in [0.3, 0.4) is 0 Å². The lowest BCUT2D eigenvalue weighted by atomic mass is 10.4. The van der Waals surface area contributed by atoms with E-state index in [9.17, 15) is 4.79 Å². The number of carbonyl (C=O) groups is 1. The molecule has 0 fully saturated rings. The standard InChI is InChI=1S/C8H11N3OS/c1-2-3-11-6-4-5(9)7(13-6)8(10)12/h2,4,11H,1,3,9H2,(H2,10,12). The SMILES string of the molecule is C=CCNc1cc(N)c(C(N)=O)s1. The minimum absolute atomic E-state index is 0.395. The number of primary amides is 1. The molecule has 1 aromatic heterocycles. The number of hydrogen-bond donors (Lipinski definition) is 3. The summed E-state index contributed by atoms with van der Waals surface area (Å²) in [4.78, 5) is 11.2. The zero-order chi connectivity index (χ0) is 9.84. The number of nitrogens with one attached hydrogen (secondary N) is 1. The Hall–Kier alpha value is -1.49. The Morgan fingerprint density at radius 1 is 1.77 bits per heavy atom. The van der Waals surface area contributed by atoms with Crippen molar-refractivity contribution in [3.05, 3.63) is 23.6 Å². The average Bonchev–Trinajstić information content (AvgIpc) is 2.43. The van der Waals surface area contributed by atoms with E-state index in [1.807, 2.05) is 0 Å². The molecular formula is C8H11N3OS. The molecule has 0 aliphatic carbocycles. The Morgan fingerprint density at radius 3 is 2.92 bits per heavy atom. The Morgan fingerprint density at radius 2 is 2.46 bits per heavy atom. The van der Waals surface area contributed by atoms with Crippen LogP contribution in [0, 0.1) is 0 Å². The van der Waals surface area contributed by atoms with Gasteiger partial charge in [-0.3, -0.25) is 4.79 Å². The third-order valence-electron chi connectivity index (χ3n) is 1.41. The third-order valence-corrected chi connectivity index (χ3v) is 2.53. The molecule has 0 saturated carbocycles. The maximum atomic E-state index is 10.8. The van der Waals surface area contributed by atoms with Crippen LogP contribution < -0.4 is 16.8 Å². The molecule has 0 aromatic carbocycles. The van der Waals surface area contributed by atoms with Gasteiger partial charge in [0.15, 0.2) is 0 Å². The van der Waals surface area contributed by atoms with Crippen LogP contribution in [-0.4, -0.2) is 12.5 Å². The van der Waals surface area contributed by atoms with Crippen LogP contribution in [0.4, 0.5) is 10.7 Å². The van der Waals surface area contributed by atoms with Gasteiger partial charge in [-0.2, -0.15) is 0 Å². The molecule has 70 valence electrons. The second-order valence-corrected chi connectivity index (χ2v) is 3.48. The second-order valence-electron chi connectivity index (χ2n) is 2.43. The summed E-state index contributed by atoms with van der Waals surface area (Å²) in [6.45, 7) is 4.20. The summed E-state index contributed by atoms with van der Waals surface area (Å²) in [5.74, 6) is -0.492. The molecule has 13 heavy (non-hydrogen) atoms. The molecule has 5 N–H and O–H groups in total. The van der Waals surface area contributed by atoms with Crippen molar-refractivity contribution >= 4 is 27.9 Å². The van der Waals surface area contributed by atoms with Crippen LogP contribution in [-0.2, 0) is 0 Å². The van der Waals surface area contributed by atoms with Gasteiger partial charge in [-0.1, -0.05) is 6.08 Å². The van der Waals surface area contributed by atoms with Gasteiger partial charge < -0.3 is 16.8 Å². The molecule has 0 unspecified atom stereocenters. The first kappa shape index (κ1) is 9.60. The zero-order valence-corrected chi connectivity index (χ0v) is 7.86. The quantitative estimate of drug-likeness (QED) is 0.630. The van der Waals surface area contributed by atoms with Crippen molar-refractivity contribution in [2.45, 2.75) is 0 Å². The number of carbonyl (C=O) groups excluding carboxylic acids is 1. The number of rotatable bonds is 4. The fourth-order valence-corrected chi connectivity index (χ4v) is 1.70. The summed E-state index contributed by atoms with van der Waals surface area (Å²) in [6, 6.07) is 1.69. The van der Waals surface area contributed by atoms with Gasteiger partial charge in [0.25, 0.3) is 5.91 Å². The van der Waals surface area contributed by atoms with Crippen LogP contribution in [0.15, 0.2) is 18.7 Å². The van der Waals surface area contributed by atoms with Gasteiger partial charge >= 0.3 is 0 Å². The third kappa shape index (κ3) is 2.22. The van der Waals surface area contributed by atoms with Gasteiger partial charge in [0.2, 0.25) is 0 Å². The van der Waals surface area contributed by atoms with Gasteiger partial charge in [0, 0.05) is 6.54 Å². The van der Waals surface area contributed by atoms with E-state index in [1.54, 1.807) is 12.1 Å². The van der Waals surface area contributed by atoms with Gasteiger partial charge in [-0.05, 0) is 6.07 Å². The monoisotopic (exact) mass is 197 g/mol. The molecule has 0 spiro atoms. The van der Waals surface area contributed by atoms with Crippen molar-refractivity contribution in [2.75, 3.05) is 17.6 Å². The highest BCUT2D eigenvalue weighted by molar-refractivity contribution is 7.18. The number of nitrogen functional groups attached to an aromatic ring is 1. The molecule has 5 heteroatoms. The van der Waals surface area contributed by atoms with Crippen LogP contribution in [0.5, 0.6) is 0 Å². The van der Waals surface area contributed by atoms with E-state index in [0.29, 0.717) is 17.1 Å². The summed E-state index contributed by atoms with van der Waals surface area (Å²) in [5, 5.41) is 3.85. The van der Waals surface area contributed by atoms with Crippen LogP contribution in [0.2, 0.25) is 0 Å². The molecule has 1 rings (SSSR count). The van der Waals surface area contributed by atoms with Crippen molar-refractivity contribution in [2.24, 2.45) is 5.73 Å². The van der Waals surface area contributed by atoms with Gasteiger partial charge in [-0.15, -0.1) is 17.9 Å². The smallest absolute Gasteiger partial charge is 0.260 e. The maximum absolute atomic E-state index is 10.8. The summed E-state index contributed by atoms with van der Waals surface area (Å²) < 4.78 is 0. The van der Waals surface area contributed by atoms with Gasteiger partial charge in [0.05, 0.1) is 10.7 Å². The number of thiophene rings is 1. The first-order valence-electron chi connectivity index (χ1n) is 3.69. The molecule has 1 amide bonds. The molecular weight excluding hydrogens is 186 g/mol. The Labute approximate surface area is 80.2 Å². The molecule has 0 saturated heterocycles.